The average molecular weight is 192 g/mol. The minimum absolute atomic E-state index is 0.0508. The van der Waals surface area contributed by atoms with E-state index in [-0.39, 0.29) is 17.5 Å². The van der Waals surface area contributed by atoms with Crippen LogP contribution in [0.2, 0.25) is 0 Å². The summed E-state index contributed by atoms with van der Waals surface area (Å²) in [6.07, 6.45) is 2.47. The fraction of sp³-hybridized carbons (Fsp3) is 0.417. The van der Waals surface area contributed by atoms with Gasteiger partial charge in [0.15, 0.2) is 0 Å². The summed E-state index contributed by atoms with van der Waals surface area (Å²) in [6, 6.07) is 5.12. The molecule has 1 unspecified atom stereocenters. The first-order valence-corrected chi connectivity index (χ1v) is 4.97. The lowest BCUT2D eigenvalue weighted by Gasteiger charge is -2.08. The predicted molar refractivity (Wildman–Crippen MR) is 52.7 cm³/mol. The Labute approximate surface area is 82.9 Å². The van der Waals surface area contributed by atoms with Gasteiger partial charge in [0.1, 0.15) is 11.6 Å². The van der Waals surface area contributed by atoms with E-state index in [1.807, 2.05) is 6.07 Å². The number of hydrogen-bond donors (Lipinski definition) is 0. The zero-order chi connectivity index (χ0) is 10.1. The van der Waals surface area contributed by atoms with Crippen LogP contribution < -0.4 is 0 Å². The van der Waals surface area contributed by atoms with E-state index in [4.69, 9.17) is 0 Å². The first kappa shape index (κ1) is 9.38. The molecule has 0 aliphatic heterocycles. The van der Waals surface area contributed by atoms with Gasteiger partial charge in [-0.2, -0.15) is 0 Å². The van der Waals surface area contributed by atoms with Gasteiger partial charge in [-0.3, -0.25) is 4.79 Å². The highest BCUT2D eigenvalue weighted by atomic mass is 19.1. The molecule has 1 saturated carbocycles. The zero-order valence-corrected chi connectivity index (χ0v) is 8.22. The van der Waals surface area contributed by atoms with E-state index in [1.54, 1.807) is 13.0 Å². The Hall–Kier alpha value is -1.18. The quantitative estimate of drug-likeness (QED) is 0.668. The van der Waals surface area contributed by atoms with Crippen LogP contribution in [0.4, 0.5) is 4.39 Å². The van der Waals surface area contributed by atoms with Crippen molar-refractivity contribution in [1.82, 2.24) is 0 Å². The van der Waals surface area contributed by atoms with Gasteiger partial charge in [-0.1, -0.05) is 12.1 Å². The summed E-state index contributed by atoms with van der Waals surface area (Å²) in [5.41, 5.74) is 1.48. The highest BCUT2D eigenvalue weighted by Gasteiger charge is 2.26. The average Bonchev–Trinajstić information content (AvgIpc) is 2.57. The number of carbonyl (C=O) groups is 1. The summed E-state index contributed by atoms with van der Waals surface area (Å²) in [5, 5.41) is 0. The van der Waals surface area contributed by atoms with E-state index < -0.39 is 0 Å². The molecule has 0 N–H and O–H groups in total. The molecule has 0 bridgehead atoms. The fourth-order valence-corrected chi connectivity index (χ4v) is 1.99. The molecular formula is C12H13FO. The van der Waals surface area contributed by atoms with E-state index in [9.17, 15) is 9.18 Å². The van der Waals surface area contributed by atoms with E-state index >= 15 is 0 Å². The van der Waals surface area contributed by atoms with Crippen molar-refractivity contribution < 1.29 is 9.18 Å². The molecule has 1 aromatic rings. The van der Waals surface area contributed by atoms with Gasteiger partial charge in [0.2, 0.25) is 0 Å². The van der Waals surface area contributed by atoms with Crippen molar-refractivity contribution in [2.75, 3.05) is 0 Å². The van der Waals surface area contributed by atoms with Crippen molar-refractivity contribution in [3.63, 3.8) is 0 Å². The van der Waals surface area contributed by atoms with Crippen LogP contribution in [0.15, 0.2) is 18.2 Å². The van der Waals surface area contributed by atoms with Crippen molar-refractivity contribution >= 4 is 5.78 Å². The number of carbonyl (C=O) groups excluding carboxylic acids is 1. The summed E-state index contributed by atoms with van der Waals surface area (Å²) in [4.78, 5) is 11.4. The Morgan fingerprint density at radius 3 is 2.79 bits per heavy atom. The highest BCUT2D eigenvalue weighted by Crippen LogP contribution is 2.31. The summed E-state index contributed by atoms with van der Waals surface area (Å²) in [5.74, 6) is 0.000512. The van der Waals surface area contributed by atoms with Crippen LogP contribution in [0, 0.1) is 12.7 Å². The molecule has 2 heteroatoms. The van der Waals surface area contributed by atoms with Gasteiger partial charge in [-0.05, 0) is 37.0 Å². The predicted octanol–water partition coefficient (Wildman–Crippen LogP) is 2.97. The van der Waals surface area contributed by atoms with Crippen LogP contribution in [0.5, 0.6) is 0 Å². The molecule has 1 aliphatic rings. The molecule has 0 spiro atoms. The number of benzene rings is 1. The molecule has 1 aliphatic carbocycles. The van der Waals surface area contributed by atoms with Crippen LogP contribution in [0.1, 0.15) is 36.3 Å². The first-order chi connectivity index (χ1) is 6.68. The van der Waals surface area contributed by atoms with Gasteiger partial charge >= 0.3 is 0 Å². The standard InChI is InChI=1S/C12H13FO/c1-8-5-6-9(7-11(8)13)10-3-2-4-12(10)14/h5-7,10H,2-4H2,1H3. The van der Waals surface area contributed by atoms with Crippen molar-refractivity contribution in [3.05, 3.63) is 35.1 Å². The van der Waals surface area contributed by atoms with Crippen molar-refractivity contribution in [3.8, 4) is 0 Å². The molecule has 0 amide bonds. The number of Topliss-reactive ketones (excluding diaryl/α,β-unsaturated/α-hetero) is 1. The van der Waals surface area contributed by atoms with Gasteiger partial charge in [-0.25, -0.2) is 4.39 Å². The van der Waals surface area contributed by atoms with Gasteiger partial charge in [-0.15, -0.1) is 0 Å². The van der Waals surface area contributed by atoms with Crippen molar-refractivity contribution in [1.29, 1.82) is 0 Å². The highest BCUT2D eigenvalue weighted by molar-refractivity contribution is 5.87. The van der Waals surface area contributed by atoms with Crippen LogP contribution in [0.25, 0.3) is 0 Å². The number of halogens is 1. The lowest BCUT2D eigenvalue weighted by atomic mass is 9.96. The molecule has 2 rings (SSSR count). The fourth-order valence-electron chi connectivity index (χ4n) is 1.99. The maximum absolute atomic E-state index is 13.2. The maximum Gasteiger partial charge on any atom is 0.140 e. The van der Waals surface area contributed by atoms with E-state index in [1.165, 1.54) is 6.07 Å². The second-order valence-corrected chi connectivity index (χ2v) is 3.92. The van der Waals surface area contributed by atoms with Crippen molar-refractivity contribution in [2.45, 2.75) is 32.1 Å². The molecule has 1 fully saturated rings. The third kappa shape index (κ3) is 1.57. The molecular weight excluding hydrogens is 179 g/mol. The van der Waals surface area contributed by atoms with Gasteiger partial charge < -0.3 is 0 Å². The summed E-state index contributed by atoms with van der Waals surface area (Å²) >= 11 is 0. The SMILES string of the molecule is Cc1ccc(C2CCCC2=O)cc1F. The second kappa shape index (κ2) is 3.52. The zero-order valence-electron chi connectivity index (χ0n) is 8.22. The normalized spacial score (nSPS) is 21.6. The second-order valence-electron chi connectivity index (χ2n) is 3.92. The largest absolute Gasteiger partial charge is 0.299 e. The number of hydrogen-bond acceptors (Lipinski definition) is 1. The monoisotopic (exact) mass is 192 g/mol. The molecule has 0 saturated heterocycles. The minimum atomic E-state index is -0.206. The van der Waals surface area contributed by atoms with Crippen LogP contribution in [0.3, 0.4) is 0 Å². The molecule has 74 valence electrons. The molecule has 1 atom stereocenters. The third-order valence-corrected chi connectivity index (χ3v) is 2.90. The summed E-state index contributed by atoms with van der Waals surface area (Å²) < 4.78 is 13.2. The van der Waals surface area contributed by atoms with Crippen LogP contribution in [-0.4, -0.2) is 5.78 Å². The number of ketones is 1. The molecule has 0 aromatic heterocycles. The summed E-state index contributed by atoms with van der Waals surface area (Å²) in [7, 11) is 0. The van der Waals surface area contributed by atoms with Gasteiger partial charge in [0.25, 0.3) is 0 Å². The topological polar surface area (TPSA) is 17.1 Å². The number of aryl methyl sites for hydroxylation is 1. The van der Waals surface area contributed by atoms with E-state index in [2.05, 4.69) is 0 Å². The number of rotatable bonds is 1. The molecule has 1 aromatic carbocycles. The Balaban J connectivity index is 2.32. The van der Waals surface area contributed by atoms with Gasteiger partial charge in [0.05, 0.1) is 0 Å². The maximum atomic E-state index is 13.2. The Morgan fingerprint density at radius 2 is 2.21 bits per heavy atom. The van der Waals surface area contributed by atoms with E-state index in [0.29, 0.717) is 12.0 Å². The summed E-state index contributed by atoms with van der Waals surface area (Å²) in [6.45, 7) is 1.73. The van der Waals surface area contributed by atoms with Crippen LogP contribution in [-0.2, 0) is 4.79 Å². The van der Waals surface area contributed by atoms with Crippen molar-refractivity contribution in [2.24, 2.45) is 0 Å². The lowest BCUT2D eigenvalue weighted by molar-refractivity contribution is -0.118. The smallest absolute Gasteiger partial charge is 0.140 e. The third-order valence-electron chi connectivity index (χ3n) is 2.90. The first-order valence-electron chi connectivity index (χ1n) is 4.97. The minimum Gasteiger partial charge on any atom is -0.299 e. The molecule has 0 heterocycles. The Bertz CT molecular complexity index is 371. The lowest BCUT2D eigenvalue weighted by Crippen LogP contribution is -2.04. The molecule has 14 heavy (non-hydrogen) atoms. The Kier molecular flexibility index (Phi) is 2.36. The Morgan fingerprint density at radius 1 is 1.43 bits per heavy atom. The van der Waals surface area contributed by atoms with Crippen LogP contribution >= 0.6 is 0 Å². The molecule has 0 radical (unpaired) electrons. The van der Waals surface area contributed by atoms with Gasteiger partial charge in [0, 0.05) is 12.3 Å². The molecule has 1 nitrogen and oxygen atoms in total. The van der Waals surface area contributed by atoms with E-state index in [0.717, 1.165) is 18.4 Å².